The van der Waals surface area contributed by atoms with Gasteiger partial charge in [0.1, 0.15) is 5.76 Å². The van der Waals surface area contributed by atoms with Gasteiger partial charge in [0.2, 0.25) is 5.75 Å². The van der Waals surface area contributed by atoms with Crippen molar-refractivity contribution in [3.8, 4) is 17.2 Å². The normalized spacial score (nSPS) is 10.3. The van der Waals surface area contributed by atoms with Gasteiger partial charge in [0.05, 0.1) is 34.1 Å². The zero-order valence-electron chi connectivity index (χ0n) is 16.7. The fraction of sp³-hybridized carbons (Fsp3) is 0.227. The number of hydrogen-bond donors (Lipinski definition) is 1. The van der Waals surface area contributed by atoms with Gasteiger partial charge in [0, 0.05) is 12.2 Å². The molecule has 3 aromatic rings. The Morgan fingerprint density at radius 2 is 1.62 bits per heavy atom. The molecular weight excluding hydrogens is 372 g/mol. The molecule has 7 heteroatoms. The quantitative estimate of drug-likeness (QED) is 0.605. The molecule has 1 N–H and O–H groups in total. The number of carbonyl (C=O) groups excluding carboxylic acids is 1. The summed E-state index contributed by atoms with van der Waals surface area (Å²) < 4.78 is 21.7. The van der Waals surface area contributed by atoms with Crippen LogP contribution in [-0.2, 0) is 13.1 Å². The summed E-state index contributed by atoms with van der Waals surface area (Å²) in [6.07, 6.45) is 1.59. The number of carbonyl (C=O) groups is 1. The van der Waals surface area contributed by atoms with E-state index in [4.69, 9.17) is 18.6 Å². The second kappa shape index (κ2) is 9.54. The lowest BCUT2D eigenvalue weighted by molar-refractivity contribution is 0.201. The molecule has 0 aliphatic rings. The van der Waals surface area contributed by atoms with Gasteiger partial charge in [-0.25, -0.2) is 4.79 Å². The van der Waals surface area contributed by atoms with Gasteiger partial charge in [-0.1, -0.05) is 18.2 Å². The van der Waals surface area contributed by atoms with E-state index in [0.29, 0.717) is 41.8 Å². The SMILES string of the molecule is COc1cc(CN(Cc2ccco2)C(=O)Nc2ccccc2)cc(OC)c1OC. The van der Waals surface area contributed by atoms with E-state index >= 15 is 0 Å². The molecule has 2 aromatic carbocycles. The number of ether oxygens (including phenoxy) is 3. The summed E-state index contributed by atoms with van der Waals surface area (Å²) in [6.45, 7) is 0.623. The highest BCUT2D eigenvalue weighted by Crippen LogP contribution is 2.38. The van der Waals surface area contributed by atoms with Crippen LogP contribution in [0.3, 0.4) is 0 Å². The summed E-state index contributed by atoms with van der Waals surface area (Å²) in [5, 5.41) is 2.91. The van der Waals surface area contributed by atoms with Crippen LogP contribution in [0.1, 0.15) is 11.3 Å². The summed E-state index contributed by atoms with van der Waals surface area (Å²) in [5.74, 6) is 2.25. The molecule has 0 atom stereocenters. The summed E-state index contributed by atoms with van der Waals surface area (Å²) in [6, 6.07) is 16.3. The maximum atomic E-state index is 13.0. The van der Waals surface area contributed by atoms with Crippen LogP contribution >= 0.6 is 0 Å². The predicted molar refractivity (Wildman–Crippen MR) is 110 cm³/mol. The topological polar surface area (TPSA) is 73.2 Å². The molecule has 152 valence electrons. The molecule has 2 amide bonds. The van der Waals surface area contributed by atoms with E-state index in [2.05, 4.69) is 5.32 Å². The Labute approximate surface area is 169 Å². The number of anilines is 1. The van der Waals surface area contributed by atoms with E-state index in [1.807, 2.05) is 48.5 Å². The van der Waals surface area contributed by atoms with Crippen molar-refractivity contribution in [3.63, 3.8) is 0 Å². The van der Waals surface area contributed by atoms with Crippen LogP contribution in [-0.4, -0.2) is 32.3 Å². The third-order valence-electron chi connectivity index (χ3n) is 4.34. The summed E-state index contributed by atoms with van der Waals surface area (Å²) in [4.78, 5) is 14.6. The van der Waals surface area contributed by atoms with Gasteiger partial charge in [-0.3, -0.25) is 0 Å². The smallest absolute Gasteiger partial charge is 0.322 e. The lowest BCUT2D eigenvalue weighted by Crippen LogP contribution is -2.34. The fourth-order valence-corrected chi connectivity index (χ4v) is 2.96. The summed E-state index contributed by atoms with van der Waals surface area (Å²) >= 11 is 0. The number of para-hydroxylation sites is 1. The number of methoxy groups -OCH3 is 3. The van der Waals surface area contributed by atoms with Gasteiger partial charge in [0.15, 0.2) is 11.5 Å². The molecule has 7 nitrogen and oxygen atoms in total. The molecule has 0 aliphatic heterocycles. The van der Waals surface area contributed by atoms with Crippen LogP contribution < -0.4 is 19.5 Å². The Hall–Kier alpha value is -3.61. The average Bonchev–Trinajstić information content (AvgIpc) is 3.26. The van der Waals surface area contributed by atoms with Gasteiger partial charge in [-0.15, -0.1) is 0 Å². The first kappa shape index (κ1) is 20.1. The van der Waals surface area contributed by atoms with Crippen LogP contribution in [0, 0.1) is 0 Å². The van der Waals surface area contributed by atoms with Crippen LogP contribution in [0.2, 0.25) is 0 Å². The molecule has 0 saturated heterocycles. The zero-order chi connectivity index (χ0) is 20.6. The van der Waals surface area contributed by atoms with Gasteiger partial charge in [0.25, 0.3) is 0 Å². The van der Waals surface area contributed by atoms with Gasteiger partial charge < -0.3 is 28.8 Å². The Balaban J connectivity index is 1.87. The van der Waals surface area contributed by atoms with Crippen molar-refractivity contribution in [3.05, 3.63) is 72.2 Å². The van der Waals surface area contributed by atoms with E-state index in [1.54, 1.807) is 38.6 Å². The average molecular weight is 396 g/mol. The van der Waals surface area contributed by atoms with Crippen LogP contribution in [0.4, 0.5) is 10.5 Å². The Morgan fingerprint density at radius 3 is 2.17 bits per heavy atom. The minimum atomic E-state index is -0.249. The van der Waals surface area contributed by atoms with E-state index in [-0.39, 0.29) is 6.03 Å². The second-order valence-corrected chi connectivity index (χ2v) is 6.27. The molecule has 0 spiro atoms. The maximum absolute atomic E-state index is 13.0. The fourth-order valence-electron chi connectivity index (χ4n) is 2.96. The number of nitrogens with one attached hydrogen (secondary N) is 1. The van der Waals surface area contributed by atoms with Crippen molar-refractivity contribution in [1.82, 2.24) is 4.90 Å². The Morgan fingerprint density at radius 1 is 0.931 bits per heavy atom. The number of urea groups is 1. The number of hydrogen-bond acceptors (Lipinski definition) is 5. The van der Waals surface area contributed by atoms with Crippen molar-refractivity contribution in [2.45, 2.75) is 13.1 Å². The highest BCUT2D eigenvalue weighted by atomic mass is 16.5. The van der Waals surface area contributed by atoms with E-state index in [1.165, 1.54) is 0 Å². The third-order valence-corrected chi connectivity index (χ3v) is 4.34. The van der Waals surface area contributed by atoms with Crippen molar-refractivity contribution in [1.29, 1.82) is 0 Å². The molecular formula is C22H24N2O5. The lowest BCUT2D eigenvalue weighted by atomic mass is 10.1. The molecule has 29 heavy (non-hydrogen) atoms. The lowest BCUT2D eigenvalue weighted by Gasteiger charge is -2.23. The molecule has 0 bridgehead atoms. The summed E-state index contributed by atoms with van der Waals surface area (Å²) in [7, 11) is 4.67. The van der Waals surface area contributed by atoms with Crippen LogP contribution in [0.15, 0.2) is 65.3 Å². The first-order valence-corrected chi connectivity index (χ1v) is 9.06. The first-order valence-electron chi connectivity index (χ1n) is 9.06. The van der Waals surface area contributed by atoms with Crippen LogP contribution in [0.25, 0.3) is 0 Å². The standard InChI is InChI=1S/C22H24N2O5/c1-26-19-12-16(13-20(27-2)21(19)28-3)14-24(15-18-10-7-11-29-18)22(25)23-17-8-5-4-6-9-17/h4-13H,14-15H2,1-3H3,(H,23,25). The van der Waals surface area contributed by atoms with Gasteiger partial charge in [-0.2, -0.15) is 0 Å². The monoisotopic (exact) mass is 396 g/mol. The van der Waals surface area contributed by atoms with Crippen LogP contribution in [0.5, 0.6) is 17.2 Å². The summed E-state index contributed by atoms with van der Waals surface area (Å²) in [5.41, 5.74) is 1.54. The molecule has 3 rings (SSSR count). The number of rotatable bonds is 8. The minimum Gasteiger partial charge on any atom is -0.493 e. The molecule has 0 radical (unpaired) electrons. The Kier molecular flexibility index (Phi) is 6.63. The van der Waals surface area contributed by atoms with E-state index in [9.17, 15) is 4.79 Å². The molecule has 0 aliphatic carbocycles. The number of furan rings is 1. The minimum absolute atomic E-state index is 0.249. The van der Waals surface area contributed by atoms with Crippen molar-refractivity contribution in [2.75, 3.05) is 26.6 Å². The zero-order valence-corrected chi connectivity index (χ0v) is 16.7. The molecule has 0 saturated carbocycles. The number of nitrogens with zero attached hydrogens (tertiary/aromatic N) is 1. The number of amides is 2. The van der Waals surface area contributed by atoms with Gasteiger partial charge in [-0.05, 0) is 42.0 Å². The predicted octanol–water partition coefficient (Wildman–Crippen LogP) is 4.54. The van der Waals surface area contributed by atoms with Crippen molar-refractivity contribution in [2.24, 2.45) is 0 Å². The number of benzene rings is 2. The highest BCUT2D eigenvalue weighted by molar-refractivity contribution is 5.89. The van der Waals surface area contributed by atoms with E-state index < -0.39 is 0 Å². The molecule has 0 fully saturated rings. The van der Waals surface area contributed by atoms with Gasteiger partial charge >= 0.3 is 6.03 Å². The second-order valence-electron chi connectivity index (χ2n) is 6.27. The largest absolute Gasteiger partial charge is 0.493 e. The van der Waals surface area contributed by atoms with Crippen molar-refractivity contribution < 1.29 is 23.4 Å². The first-order chi connectivity index (χ1) is 14.1. The third kappa shape index (κ3) is 5.01. The van der Waals surface area contributed by atoms with Crippen molar-refractivity contribution >= 4 is 11.7 Å². The maximum Gasteiger partial charge on any atom is 0.322 e. The van der Waals surface area contributed by atoms with E-state index in [0.717, 1.165) is 5.56 Å². The molecule has 1 aromatic heterocycles. The Bertz CT molecular complexity index is 901. The molecule has 0 unspecified atom stereocenters. The molecule has 1 heterocycles. The highest BCUT2D eigenvalue weighted by Gasteiger charge is 2.19.